The highest BCUT2D eigenvalue weighted by atomic mass is 14.9. The standard InChI is InChI=1S/C19H21N/c1-13-7-8-15-9-10-16-18(20-12-17(13)19(15)16)11-14-5-3-2-4-6-14/h2-8,16,18,20H,9-12H2,1H3. The van der Waals surface area contributed by atoms with Gasteiger partial charge in [0.25, 0.3) is 0 Å². The van der Waals surface area contributed by atoms with Gasteiger partial charge in [-0.1, -0.05) is 42.5 Å². The molecule has 1 nitrogen and oxygen atoms in total. The van der Waals surface area contributed by atoms with E-state index in [1.54, 1.807) is 16.7 Å². The molecule has 0 amide bonds. The number of aryl methyl sites for hydroxylation is 2. The van der Waals surface area contributed by atoms with E-state index in [1.165, 1.54) is 24.0 Å². The summed E-state index contributed by atoms with van der Waals surface area (Å²) in [4.78, 5) is 0. The third-order valence-corrected chi connectivity index (χ3v) is 5.10. The fourth-order valence-corrected chi connectivity index (χ4v) is 4.05. The average Bonchev–Trinajstić information content (AvgIpc) is 2.91. The lowest BCUT2D eigenvalue weighted by molar-refractivity contribution is 0.399. The zero-order valence-electron chi connectivity index (χ0n) is 12.0. The summed E-state index contributed by atoms with van der Waals surface area (Å²) in [5.74, 6) is 0.717. The molecule has 0 spiro atoms. The van der Waals surface area contributed by atoms with Gasteiger partial charge in [-0.05, 0) is 54.0 Å². The highest BCUT2D eigenvalue weighted by molar-refractivity contribution is 5.48. The predicted octanol–water partition coefficient (Wildman–Crippen LogP) is 3.74. The fourth-order valence-electron chi connectivity index (χ4n) is 4.05. The quantitative estimate of drug-likeness (QED) is 0.870. The number of benzene rings is 2. The minimum atomic E-state index is 0.605. The minimum Gasteiger partial charge on any atom is -0.309 e. The Morgan fingerprint density at radius 3 is 2.80 bits per heavy atom. The molecule has 1 N–H and O–H groups in total. The first-order valence-electron chi connectivity index (χ1n) is 7.71. The van der Waals surface area contributed by atoms with Crippen LogP contribution in [0.4, 0.5) is 0 Å². The zero-order chi connectivity index (χ0) is 13.5. The van der Waals surface area contributed by atoms with Crippen molar-refractivity contribution in [1.82, 2.24) is 5.32 Å². The Labute approximate surface area is 121 Å². The maximum absolute atomic E-state index is 3.80. The molecule has 1 aliphatic carbocycles. The second-order valence-corrected chi connectivity index (χ2v) is 6.26. The SMILES string of the molecule is Cc1ccc2c3c1CNC(Cc1ccccc1)C3CC2. The zero-order valence-corrected chi connectivity index (χ0v) is 12.0. The molecule has 2 unspecified atom stereocenters. The van der Waals surface area contributed by atoms with E-state index in [1.807, 2.05) is 0 Å². The number of nitrogens with one attached hydrogen (secondary N) is 1. The van der Waals surface area contributed by atoms with E-state index in [4.69, 9.17) is 0 Å². The highest BCUT2D eigenvalue weighted by Gasteiger charge is 2.35. The fraction of sp³-hybridized carbons (Fsp3) is 0.368. The molecule has 0 bridgehead atoms. The van der Waals surface area contributed by atoms with Crippen LogP contribution in [0.15, 0.2) is 42.5 Å². The van der Waals surface area contributed by atoms with Crippen LogP contribution >= 0.6 is 0 Å². The number of hydrogen-bond donors (Lipinski definition) is 1. The molecule has 2 atom stereocenters. The minimum absolute atomic E-state index is 0.605. The van der Waals surface area contributed by atoms with E-state index in [-0.39, 0.29) is 0 Å². The third kappa shape index (κ3) is 1.89. The Balaban J connectivity index is 1.67. The van der Waals surface area contributed by atoms with Gasteiger partial charge in [0.15, 0.2) is 0 Å². The average molecular weight is 263 g/mol. The summed E-state index contributed by atoms with van der Waals surface area (Å²) >= 11 is 0. The Bertz CT molecular complexity index is 630. The summed E-state index contributed by atoms with van der Waals surface area (Å²) in [6.07, 6.45) is 3.73. The molecule has 0 saturated heterocycles. The van der Waals surface area contributed by atoms with Crippen LogP contribution in [-0.2, 0) is 19.4 Å². The molecular weight excluding hydrogens is 242 g/mol. The maximum atomic E-state index is 3.80. The second-order valence-electron chi connectivity index (χ2n) is 6.26. The second kappa shape index (κ2) is 4.75. The van der Waals surface area contributed by atoms with E-state index in [2.05, 4.69) is 54.7 Å². The van der Waals surface area contributed by atoms with Crippen LogP contribution in [0, 0.1) is 6.92 Å². The van der Waals surface area contributed by atoms with Crippen molar-refractivity contribution >= 4 is 0 Å². The third-order valence-electron chi connectivity index (χ3n) is 5.10. The van der Waals surface area contributed by atoms with Crippen LogP contribution in [0.1, 0.15) is 40.2 Å². The van der Waals surface area contributed by atoms with Gasteiger partial charge in [-0.25, -0.2) is 0 Å². The Morgan fingerprint density at radius 2 is 1.95 bits per heavy atom. The molecule has 0 fully saturated rings. The molecule has 2 aliphatic rings. The molecular formula is C19H21N. The van der Waals surface area contributed by atoms with Gasteiger partial charge in [0.1, 0.15) is 0 Å². The van der Waals surface area contributed by atoms with Crippen LogP contribution < -0.4 is 5.32 Å². The van der Waals surface area contributed by atoms with E-state index in [9.17, 15) is 0 Å². The molecule has 0 saturated carbocycles. The van der Waals surface area contributed by atoms with Gasteiger partial charge in [0.05, 0.1) is 0 Å². The monoisotopic (exact) mass is 263 g/mol. The van der Waals surface area contributed by atoms with Crippen LogP contribution in [0.5, 0.6) is 0 Å². The van der Waals surface area contributed by atoms with Gasteiger partial charge < -0.3 is 5.32 Å². The lowest BCUT2D eigenvalue weighted by Gasteiger charge is -2.33. The van der Waals surface area contributed by atoms with Gasteiger partial charge in [0.2, 0.25) is 0 Å². The molecule has 1 heteroatoms. The van der Waals surface area contributed by atoms with E-state index >= 15 is 0 Å². The van der Waals surface area contributed by atoms with Gasteiger partial charge >= 0.3 is 0 Å². The van der Waals surface area contributed by atoms with Crippen molar-refractivity contribution in [2.75, 3.05) is 0 Å². The summed E-state index contributed by atoms with van der Waals surface area (Å²) in [6, 6.07) is 16.2. The molecule has 2 aromatic rings. The van der Waals surface area contributed by atoms with E-state index in [0.29, 0.717) is 12.0 Å². The van der Waals surface area contributed by atoms with Gasteiger partial charge in [-0.15, -0.1) is 0 Å². The largest absolute Gasteiger partial charge is 0.309 e. The summed E-state index contributed by atoms with van der Waals surface area (Å²) in [5, 5.41) is 3.80. The predicted molar refractivity (Wildman–Crippen MR) is 83.0 cm³/mol. The molecule has 4 rings (SSSR count). The molecule has 20 heavy (non-hydrogen) atoms. The van der Waals surface area contributed by atoms with Crippen LogP contribution in [0.2, 0.25) is 0 Å². The first-order chi connectivity index (χ1) is 9.83. The normalized spacial score (nSPS) is 23.6. The first kappa shape index (κ1) is 12.2. The Kier molecular flexibility index (Phi) is 2.89. The maximum Gasteiger partial charge on any atom is 0.0214 e. The molecule has 1 aliphatic heterocycles. The van der Waals surface area contributed by atoms with Crippen molar-refractivity contribution in [1.29, 1.82) is 0 Å². The molecule has 1 heterocycles. The lowest BCUT2D eigenvalue weighted by atomic mass is 9.82. The molecule has 102 valence electrons. The Hall–Kier alpha value is -1.60. The smallest absolute Gasteiger partial charge is 0.0214 e. The molecule has 0 radical (unpaired) electrons. The summed E-state index contributed by atoms with van der Waals surface area (Å²) in [5.41, 5.74) is 7.78. The number of hydrogen-bond acceptors (Lipinski definition) is 1. The Morgan fingerprint density at radius 1 is 1.10 bits per heavy atom. The van der Waals surface area contributed by atoms with Crippen molar-refractivity contribution in [3.8, 4) is 0 Å². The van der Waals surface area contributed by atoms with Crippen LogP contribution in [-0.4, -0.2) is 6.04 Å². The van der Waals surface area contributed by atoms with Gasteiger partial charge in [-0.2, -0.15) is 0 Å². The molecule has 2 aromatic carbocycles. The van der Waals surface area contributed by atoms with Crippen LogP contribution in [0.3, 0.4) is 0 Å². The lowest BCUT2D eigenvalue weighted by Crippen LogP contribution is -2.40. The topological polar surface area (TPSA) is 12.0 Å². The van der Waals surface area contributed by atoms with Crippen molar-refractivity contribution in [2.24, 2.45) is 0 Å². The van der Waals surface area contributed by atoms with E-state index < -0.39 is 0 Å². The van der Waals surface area contributed by atoms with Crippen molar-refractivity contribution in [3.63, 3.8) is 0 Å². The van der Waals surface area contributed by atoms with Crippen molar-refractivity contribution < 1.29 is 0 Å². The number of rotatable bonds is 2. The summed E-state index contributed by atoms with van der Waals surface area (Å²) in [6.45, 7) is 3.30. The summed E-state index contributed by atoms with van der Waals surface area (Å²) < 4.78 is 0. The van der Waals surface area contributed by atoms with Gasteiger partial charge in [0, 0.05) is 18.5 Å². The molecule has 0 aromatic heterocycles. The van der Waals surface area contributed by atoms with Crippen LogP contribution in [0.25, 0.3) is 0 Å². The summed E-state index contributed by atoms with van der Waals surface area (Å²) in [7, 11) is 0. The highest BCUT2D eigenvalue weighted by Crippen LogP contribution is 2.42. The van der Waals surface area contributed by atoms with Crippen molar-refractivity contribution in [2.45, 2.75) is 44.7 Å². The van der Waals surface area contributed by atoms with Crippen molar-refractivity contribution in [3.05, 3.63) is 70.3 Å². The van der Waals surface area contributed by atoms with Gasteiger partial charge in [-0.3, -0.25) is 0 Å². The van der Waals surface area contributed by atoms with E-state index in [0.717, 1.165) is 13.0 Å². The first-order valence-corrected chi connectivity index (χ1v) is 7.71.